The number of amides is 1. The van der Waals surface area contributed by atoms with Crippen LogP contribution in [0.2, 0.25) is 0 Å². The van der Waals surface area contributed by atoms with Crippen molar-refractivity contribution in [3.8, 4) is 5.75 Å². The number of aliphatic hydroxyl groups excluding tert-OH is 1. The van der Waals surface area contributed by atoms with Crippen LogP contribution in [-0.4, -0.2) is 37.1 Å². The van der Waals surface area contributed by atoms with Crippen molar-refractivity contribution in [2.75, 3.05) is 6.54 Å². The number of imidazole rings is 1. The number of carbonyl (C=O) groups excluding carboxylic acids is 1. The van der Waals surface area contributed by atoms with E-state index >= 15 is 0 Å². The van der Waals surface area contributed by atoms with Crippen LogP contribution in [0.25, 0.3) is 0 Å². The van der Waals surface area contributed by atoms with E-state index < -0.39 is 6.04 Å². The molecule has 6 nitrogen and oxygen atoms in total. The van der Waals surface area contributed by atoms with E-state index in [2.05, 4.69) is 4.98 Å². The second-order valence-corrected chi connectivity index (χ2v) is 6.57. The van der Waals surface area contributed by atoms with Gasteiger partial charge in [-0.1, -0.05) is 32.0 Å². The number of aliphatic hydroxyl groups is 1. The topological polar surface area (TPSA) is 78.6 Å². The Morgan fingerprint density at radius 1 is 1.20 bits per heavy atom. The Kier molecular flexibility index (Phi) is 4.79. The van der Waals surface area contributed by atoms with Crippen LogP contribution in [-0.2, 0) is 11.3 Å². The van der Waals surface area contributed by atoms with Gasteiger partial charge in [0.15, 0.2) is 5.76 Å². The Morgan fingerprint density at radius 2 is 1.96 bits per heavy atom. The van der Waals surface area contributed by atoms with E-state index in [1.165, 1.54) is 0 Å². The number of hydrogen-bond acceptors (Lipinski definition) is 4. The normalized spacial score (nSPS) is 17.8. The smallest absolute Gasteiger partial charge is 0.289 e. The van der Waals surface area contributed by atoms with Crippen LogP contribution in [0.4, 0.5) is 0 Å². The lowest BCUT2D eigenvalue weighted by atomic mass is 9.91. The van der Waals surface area contributed by atoms with E-state index in [9.17, 15) is 15.0 Å². The van der Waals surface area contributed by atoms with Gasteiger partial charge in [-0.3, -0.25) is 4.79 Å². The summed E-state index contributed by atoms with van der Waals surface area (Å²) in [6.07, 6.45) is 6.06. The molecule has 25 heavy (non-hydrogen) atoms. The highest BCUT2D eigenvalue weighted by molar-refractivity contribution is 5.95. The van der Waals surface area contributed by atoms with Crippen molar-refractivity contribution in [2.24, 2.45) is 5.92 Å². The number of nitrogens with zero attached hydrogens (tertiary/aromatic N) is 3. The van der Waals surface area contributed by atoms with Gasteiger partial charge in [-0.05, 0) is 18.4 Å². The molecule has 2 aromatic rings. The zero-order valence-electron chi connectivity index (χ0n) is 14.5. The number of benzene rings is 1. The maximum absolute atomic E-state index is 12.6. The quantitative estimate of drug-likeness (QED) is 0.846. The number of phenolic OH excluding ortho intramolecular Hbond substituents is 1. The van der Waals surface area contributed by atoms with Crippen LogP contribution >= 0.6 is 0 Å². The number of aromatic hydroxyl groups is 1. The van der Waals surface area contributed by atoms with E-state index in [1.54, 1.807) is 35.6 Å². The van der Waals surface area contributed by atoms with Gasteiger partial charge in [0.05, 0.1) is 12.4 Å². The van der Waals surface area contributed by atoms with Gasteiger partial charge in [0, 0.05) is 36.6 Å². The number of para-hydroxylation sites is 1. The molecule has 0 saturated heterocycles. The van der Waals surface area contributed by atoms with Crippen molar-refractivity contribution in [1.29, 1.82) is 0 Å². The number of rotatable bonds is 6. The Morgan fingerprint density at radius 3 is 2.60 bits per heavy atom. The third kappa shape index (κ3) is 3.24. The summed E-state index contributed by atoms with van der Waals surface area (Å²) < 4.78 is 1.95. The average molecular weight is 341 g/mol. The standard InChI is InChI=1S/C19H23N3O3/c1-13(2)16-17(14-6-3-4-7-15(14)23)22(19(25)18(16)24)10-5-9-21-11-8-20-12-21/h3-4,6-8,11-13,17,23-24H,5,9-10H2,1-2H3. The summed E-state index contributed by atoms with van der Waals surface area (Å²) in [6.45, 7) is 5.10. The fraction of sp³-hybridized carbons (Fsp3) is 0.368. The first-order chi connectivity index (χ1) is 12.0. The number of aromatic nitrogens is 2. The summed E-state index contributed by atoms with van der Waals surface area (Å²) in [5.74, 6) is -0.437. The highest BCUT2D eigenvalue weighted by atomic mass is 16.3. The largest absolute Gasteiger partial charge is 0.508 e. The van der Waals surface area contributed by atoms with Gasteiger partial charge in [-0.2, -0.15) is 0 Å². The fourth-order valence-corrected chi connectivity index (χ4v) is 3.39. The summed E-state index contributed by atoms with van der Waals surface area (Å²) in [6, 6.07) is 6.55. The molecule has 1 atom stereocenters. The third-order valence-corrected chi connectivity index (χ3v) is 4.57. The molecule has 3 rings (SSSR count). The van der Waals surface area contributed by atoms with Crippen molar-refractivity contribution in [1.82, 2.24) is 14.5 Å². The Bertz CT molecular complexity index is 781. The second-order valence-electron chi connectivity index (χ2n) is 6.57. The lowest BCUT2D eigenvalue weighted by Crippen LogP contribution is -2.32. The lowest BCUT2D eigenvalue weighted by Gasteiger charge is -2.29. The molecule has 1 unspecified atom stereocenters. The summed E-state index contributed by atoms with van der Waals surface area (Å²) in [5.41, 5.74) is 1.31. The fourth-order valence-electron chi connectivity index (χ4n) is 3.39. The van der Waals surface area contributed by atoms with Crippen LogP contribution in [0.5, 0.6) is 5.75 Å². The second kappa shape index (κ2) is 7.01. The van der Waals surface area contributed by atoms with Gasteiger partial charge in [0.25, 0.3) is 5.91 Å². The maximum atomic E-state index is 12.6. The minimum absolute atomic E-state index is 0.00722. The molecule has 0 bridgehead atoms. The Balaban J connectivity index is 1.87. The molecule has 2 N–H and O–H groups in total. The van der Waals surface area contributed by atoms with Gasteiger partial charge in [0.1, 0.15) is 5.75 Å². The van der Waals surface area contributed by atoms with Crippen molar-refractivity contribution in [2.45, 2.75) is 32.9 Å². The molecule has 1 aliphatic rings. The monoisotopic (exact) mass is 341 g/mol. The first kappa shape index (κ1) is 17.1. The maximum Gasteiger partial charge on any atom is 0.289 e. The molecule has 1 amide bonds. The molecular formula is C19H23N3O3. The van der Waals surface area contributed by atoms with E-state index in [0.717, 1.165) is 13.0 Å². The molecule has 1 aromatic carbocycles. The van der Waals surface area contributed by atoms with E-state index in [-0.39, 0.29) is 23.3 Å². The van der Waals surface area contributed by atoms with E-state index in [1.807, 2.05) is 30.7 Å². The molecule has 0 spiro atoms. The molecule has 2 heterocycles. The van der Waals surface area contributed by atoms with Crippen LogP contribution in [0.15, 0.2) is 54.3 Å². The molecule has 1 aliphatic heterocycles. The minimum atomic E-state index is -0.434. The highest BCUT2D eigenvalue weighted by Gasteiger charge is 2.41. The number of phenols is 1. The van der Waals surface area contributed by atoms with Crippen molar-refractivity contribution < 1.29 is 15.0 Å². The van der Waals surface area contributed by atoms with Crippen LogP contribution in [0.1, 0.15) is 31.9 Å². The van der Waals surface area contributed by atoms with Crippen LogP contribution < -0.4 is 0 Å². The zero-order valence-corrected chi connectivity index (χ0v) is 14.5. The molecule has 0 aliphatic carbocycles. The van der Waals surface area contributed by atoms with E-state index in [0.29, 0.717) is 17.7 Å². The molecule has 0 saturated carbocycles. The van der Waals surface area contributed by atoms with Crippen molar-refractivity contribution in [3.63, 3.8) is 0 Å². The number of hydrogen-bond donors (Lipinski definition) is 2. The van der Waals surface area contributed by atoms with Crippen molar-refractivity contribution >= 4 is 5.91 Å². The summed E-state index contributed by atoms with van der Waals surface area (Å²) in [7, 11) is 0. The molecule has 6 heteroatoms. The molecule has 0 radical (unpaired) electrons. The van der Waals surface area contributed by atoms with Gasteiger partial charge in [-0.15, -0.1) is 0 Å². The molecule has 0 fully saturated rings. The predicted octanol–water partition coefficient (Wildman–Crippen LogP) is 3.03. The van der Waals surface area contributed by atoms with Gasteiger partial charge >= 0.3 is 0 Å². The Labute approximate surface area is 147 Å². The molecule has 1 aromatic heterocycles. The summed E-state index contributed by atoms with van der Waals surface area (Å²) >= 11 is 0. The lowest BCUT2D eigenvalue weighted by molar-refractivity contribution is -0.129. The first-order valence-corrected chi connectivity index (χ1v) is 8.48. The number of carbonyl (C=O) groups is 1. The third-order valence-electron chi connectivity index (χ3n) is 4.57. The van der Waals surface area contributed by atoms with Crippen LogP contribution in [0.3, 0.4) is 0 Å². The average Bonchev–Trinajstić information content (AvgIpc) is 3.17. The minimum Gasteiger partial charge on any atom is -0.508 e. The van der Waals surface area contributed by atoms with Crippen molar-refractivity contribution in [3.05, 3.63) is 59.9 Å². The van der Waals surface area contributed by atoms with Gasteiger partial charge in [-0.25, -0.2) is 4.98 Å². The van der Waals surface area contributed by atoms with Gasteiger partial charge in [0.2, 0.25) is 0 Å². The SMILES string of the molecule is CC(C)C1=C(O)C(=O)N(CCCn2ccnc2)C1c1ccccc1O. The van der Waals surface area contributed by atoms with Gasteiger partial charge < -0.3 is 19.7 Å². The molecular weight excluding hydrogens is 318 g/mol. The summed E-state index contributed by atoms with van der Waals surface area (Å²) in [4.78, 5) is 18.3. The summed E-state index contributed by atoms with van der Waals surface area (Å²) in [5, 5.41) is 20.7. The van der Waals surface area contributed by atoms with Crippen LogP contribution in [0, 0.1) is 5.92 Å². The number of aryl methyl sites for hydroxylation is 1. The Hall–Kier alpha value is -2.76. The predicted molar refractivity (Wildman–Crippen MR) is 93.9 cm³/mol. The zero-order chi connectivity index (χ0) is 18.0. The highest BCUT2D eigenvalue weighted by Crippen LogP contribution is 2.43. The first-order valence-electron chi connectivity index (χ1n) is 8.48. The molecule has 132 valence electrons. The van der Waals surface area contributed by atoms with E-state index in [4.69, 9.17) is 0 Å².